The minimum absolute atomic E-state index is 0.750. The first kappa shape index (κ1) is 43.6. The maximum Gasteiger partial charge on any atom is 0.0496 e. The first-order valence-electron chi connectivity index (χ1n) is 23.5. The van der Waals surface area contributed by atoms with Crippen LogP contribution in [0.15, 0.2) is 247 Å². The van der Waals surface area contributed by atoms with Gasteiger partial charge in [0.25, 0.3) is 0 Å². The zero-order chi connectivity index (χ0) is 45.1. The molecule has 0 fully saturated rings. The van der Waals surface area contributed by atoms with Gasteiger partial charge in [-0.15, -0.1) is 0 Å². The van der Waals surface area contributed by atoms with Crippen molar-refractivity contribution >= 4 is 34.0 Å². The summed E-state index contributed by atoms with van der Waals surface area (Å²) < 4.78 is 0. The van der Waals surface area contributed by atoms with Crippen LogP contribution in [0.2, 0.25) is 0 Å². The molecule has 0 atom stereocenters. The monoisotopic (exact) mass is 857 g/mol. The number of fused-ring (bicyclic) bond motifs is 1. The molecule has 6 aromatic carbocycles. The maximum absolute atomic E-state index is 3.79. The molecule has 3 heteroatoms. The van der Waals surface area contributed by atoms with Crippen LogP contribution in [-0.2, 0) is 12.8 Å². The second kappa shape index (κ2) is 20.9. The van der Waals surface area contributed by atoms with E-state index in [1.165, 1.54) is 84.0 Å². The first-order chi connectivity index (χ1) is 32.5. The minimum atomic E-state index is 0.750. The van der Waals surface area contributed by atoms with Crippen molar-refractivity contribution in [2.24, 2.45) is 0 Å². The second-order valence-corrected chi connectivity index (χ2v) is 17.4. The molecule has 326 valence electrons. The Kier molecular flexibility index (Phi) is 13.8. The van der Waals surface area contributed by atoms with Gasteiger partial charge in [-0.1, -0.05) is 158 Å². The highest BCUT2D eigenvalue weighted by Crippen LogP contribution is 2.43. The van der Waals surface area contributed by atoms with Crippen molar-refractivity contribution < 1.29 is 0 Å². The van der Waals surface area contributed by atoms with Gasteiger partial charge in [-0.25, -0.2) is 0 Å². The zero-order valence-corrected chi connectivity index (χ0v) is 38.3. The molecule has 1 heterocycles. The van der Waals surface area contributed by atoms with Gasteiger partial charge in [0, 0.05) is 39.8 Å². The van der Waals surface area contributed by atoms with Crippen LogP contribution in [0.5, 0.6) is 0 Å². The van der Waals surface area contributed by atoms with Gasteiger partial charge in [-0.2, -0.15) is 0 Å². The number of rotatable bonds is 15. The normalized spacial score (nSPS) is 15.1. The van der Waals surface area contributed by atoms with Crippen molar-refractivity contribution in [2.45, 2.75) is 58.8 Å². The van der Waals surface area contributed by atoms with Crippen molar-refractivity contribution in [3.05, 3.63) is 264 Å². The maximum atomic E-state index is 3.79. The van der Waals surface area contributed by atoms with Gasteiger partial charge in [-0.05, 0) is 181 Å². The van der Waals surface area contributed by atoms with Crippen LogP contribution in [0.1, 0.15) is 62.6 Å². The van der Waals surface area contributed by atoms with Gasteiger partial charge in [0.15, 0.2) is 0 Å². The lowest BCUT2D eigenvalue weighted by Crippen LogP contribution is -2.24. The quantitative estimate of drug-likeness (QED) is 0.101. The Balaban J connectivity index is 0.998. The average molecular weight is 858 g/mol. The fraction of sp³-hybridized carbons (Fsp3) is 0.143. The van der Waals surface area contributed by atoms with Crippen molar-refractivity contribution in [2.75, 3.05) is 15.5 Å². The number of nitrogens with one attached hydrogen (secondary N) is 2. The molecule has 0 amide bonds. The fourth-order valence-corrected chi connectivity index (χ4v) is 9.33. The van der Waals surface area contributed by atoms with Gasteiger partial charge in [0.05, 0.1) is 0 Å². The standard InChI is InChI=1S/C63H59N3/c1-4-6-8-18-46(3)43-53-21-11-14-24-60(53)64-57-36-29-49(30-37-57)47(17-5-2)27-28-54-44-52(35-42-61(54)65-58-38-31-50(32-39-58)48-19-9-7-10-20-48)51-33-40-59(41-34-51)66-62-25-15-12-22-55(62)45-56-23-13-16-26-63(56)66/h4-10,12,14-20,22,24-27,29-42,44,64-65H,1,11,13,21,23,28,43,45H2,2-3H3/b8-6-,17-5-,46-18+,47-27+. The van der Waals surface area contributed by atoms with E-state index in [-0.39, 0.29) is 0 Å². The number of hydrogen-bond donors (Lipinski definition) is 2. The number of hydrogen-bond acceptors (Lipinski definition) is 3. The molecule has 0 unspecified atom stereocenters. The summed E-state index contributed by atoms with van der Waals surface area (Å²) in [5, 5.41) is 7.53. The predicted molar refractivity (Wildman–Crippen MR) is 284 cm³/mol. The lowest BCUT2D eigenvalue weighted by molar-refractivity contribution is 0.857. The molecule has 6 aromatic rings. The average Bonchev–Trinajstić information content (AvgIpc) is 3.36. The Morgan fingerprint density at radius 2 is 1.36 bits per heavy atom. The lowest BCUT2D eigenvalue weighted by Gasteiger charge is -2.36. The number of anilines is 5. The van der Waals surface area contributed by atoms with Crippen LogP contribution in [0, 0.1) is 0 Å². The zero-order valence-electron chi connectivity index (χ0n) is 38.3. The molecular weight excluding hydrogens is 799 g/mol. The number of benzene rings is 6. The van der Waals surface area contributed by atoms with E-state index in [2.05, 4.69) is 236 Å². The van der Waals surface area contributed by atoms with E-state index in [9.17, 15) is 0 Å². The smallest absolute Gasteiger partial charge is 0.0496 e. The molecule has 3 aliphatic rings. The Labute approximate surface area is 392 Å². The van der Waals surface area contributed by atoms with Crippen LogP contribution in [-0.4, -0.2) is 0 Å². The molecule has 2 N–H and O–H groups in total. The summed E-state index contributed by atoms with van der Waals surface area (Å²) in [6.07, 6.45) is 31.0. The summed E-state index contributed by atoms with van der Waals surface area (Å²) in [6, 6.07) is 53.1. The van der Waals surface area contributed by atoms with E-state index in [0.717, 1.165) is 62.0 Å². The summed E-state index contributed by atoms with van der Waals surface area (Å²) in [5.74, 6) is 0. The van der Waals surface area contributed by atoms with Crippen LogP contribution in [0.4, 0.5) is 28.4 Å². The van der Waals surface area contributed by atoms with Gasteiger partial charge in [-0.3, -0.25) is 0 Å². The van der Waals surface area contributed by atoms with Crippen molar-refractivity contribution in [3.8, 4) is 22.3 Å². The number of nitrogens with zero attached hydrogens (tertiary/aromatic N) is 1. The molecular formula is C63H59N3. The number of para-hydroxylation sites is 1. The van der Waals surface area contributed by atoms with Crippen molar-refractivity contribution in [1.82, 2.24) is 0 Å². The highest BCUT2D eigenvalue weighted by molar-refractivity contribution is 5.80. The third kappa shape index (κ3) is 10.3. The summed E-state index contributed by atoms with van der Waals surface area (Å²) >= 11 is 0. The van der Waals surface area contributed by atoms with E-state index < -0.39 is 0 Å². The third-order valence-electron chi connectivity index (χ3n) is 12.7. The topological polar surface area (TPSA) is 27.3 Å². The summed E-state index contributed by atoms with van der Waals surface area (Å²) in [4.78, 5) is 2.46. The third-order valence-corrected chi connectivity index (χ3v) is 12.7. The molecule has 0 aromatic heterocycles. The van der Waals surface area contributed by atoms with Crippen molar-refractivity contribution in [1.29, 1.82) is 0 Å². The molecule has 0 bridgehead atoms. The fourth-order valence-electron chi connectivity index (χ4n) is 9.33. The van der Waals surface area contributed by atoms with E-state index in [0.29, 0.717) is 0 Å². The highest BCUT2D eigenvalue weighted by atomic mass is 15.2. The van der Waals surface area contributed by atoms with Crippen LogP contribution >= 0.6 is 0 Å². The SMILES string of the molecule is C=C/C=C\C=C(/C)CC1=C(Nc2ccc(C(/C=C\C)=C/Cc3cc(-c4ccc(N5C6=C(CCC=C6)Cc6ccccc65)cc4)ccc3Nc3ccc(-c4ccccc4)cc3)cc2)C=CCC1. The van der Waals surface area contributed by atoms with Crippen molar-refractivity contribution in [3.63, 3.8) is 0 Å². The molecule has 66 heavy (non-hydrogen) atoms. The predicted octanol–water partition coefficient (Wildman–Crippen LogP) is 17.4. The largest absolute Gasteiger partial charge is 0.356 e. The molecule has 9 rings (SSSR count). The van der Waals surface area contributed by atoms with E-state index >= 15 is 0 Å². The van der Waals surface area contributed by atoms with Gasteiger partial charge >= 0.3 is 0 Å². The van der Waals surface area contributed by atoms with Gasteiger partial charge in [0.1, 0.15) is 0 Å². The Bertz CT molecular complexity index is 2930. The Morgan fingerprint density at radius 1 is 0.682 bits per heavy atom. The second-order valence-electron chi connectivity index (χ2n) is 17.4. The molecule has 1 aliphatic heterocycles. The van der Waals surface area contributed by atoms with Gasteiger partial charge in [0.2, 0.25) is 0 Å². The van der Waals surface area contributed by atoms with Crippen LogP contribution in [0.3, 0.4) is 0 Å². The molecule has 0 radical (unpaired) electrons. The van der Waals surface area contributed by atoms with Crippen LogP contribution < -0.4 is 15.5 Å². The van der Waals surface area contributed by atoms with E-state index in [1.807, 2.05) is 12.2 Å². The molecule has 0 saturated heterocycles. The Morgan fingerprint density at radius 3 is 2.17 bits per heavy atom. The van der Waals surface area contributed by atoms with Crippen LogP contribution in [0.25, 0.3) is 27.8 Å². The summed E-state index contributed by atoms with van der Waals surface area (Å²) in [5.41, 5.74) is 22.3. The van der Waals surface area contributed by atoms with Gasteiger partial charge < -0.3 is 15.5 Å². The molecule has 2 aliphatic carbocycles. The molecule has 3 nitrogen and oxygen atoms in total. The summed E-state index contributed by atoms with van der Waals surface area (Å²) in [6.45, 7) is 8.09. The highest BCUT2D eigenvalue weighted by Gasteiger charge is 2.26. The lowest BCUT2D eigenvalue weighted by atomic mass is 9.89. The Hall–Kier alpha value is -7.62. The number of allylic oxidation sites excluding steroid dienone is 15. The van der Waals surface area contributed by atoms with E-state index in [4.69, 9.17) is 0 Å². The molecule has 0 saturated carbocycles. The first-order valence-corrected chi connectivity index (χ1v) is 23.5. The minimum Gasteiger partial charge on any atom is -0.356 e. The molecule has 0 spiro atoms. The summed E-state index contributed by atoms with van der Waals surface area (Å²) in [7, 11) is 0. The van der Waals surface area contributed by atoms with E-state index in [1.54, 1.807) is 0 Å².